The van der Waals surface area contributed by atoms with Crippen LogP contribution in [0.4, 0.5) is 17.3 Å². The van der Waals surface area contributed by atoms with E-state index in [0.29, 0.717) is 23.1 Å². The van der Waals surface area contributed by atoms with Gasteiger partial charge in [0.05, 0.1) is 18.5 Å². The lowest BCUT2D eigenvalue weighted by Crippen LogP contribution is -2.08. The van der Waals surface area contributed by atoms with Crippen LogP contribution >= 0.6 is 0 Å². The van der Waals surface area contributed by atoms with Crippen LogP contribution in [0.1, 0.15) is 18.4 Å². The quantitative estimate of drug-likeness (QED) is 0.742. The maximum atomic E-state index is 6.12. The normalized spacial score (nSPS) is 16.0. The van der Waals surface area contributed by atoms with Crippen LogP contribution < -0.4 is 20.5 Å². The van der Waals surface area contributed by atoms with Gasteiger partial charge in [-0.3, -0.25) is 0 Å². The summed E-state index contributed by atoms with van der Waals surface area (Å²) in [5, 5.41) is 3.11. The number of nitrogens with one attached hydrogen (secondary N) is 1. The average Bonchev–Trinajstić information content (AvgIpc) is 3.34. The fraction of sp³-hybridized carbons (Fsp3) is 0.200. The molecule has 0 atom stereocenters. The van der Waals surface area contributed by atoms with E-state index in [1.54, 1.807) is 24.5 Å². The molecule has 1 saturated carbocycles. The number of nitrogens with two attached hydrogens (primary N) is 1. The van der Waals surface area contributed by atoms with E-state index in [0.717, 1.165) is 30.9 Å². The van der Waals surface area contributed by atoms with E-state index in [-0.39, 0.29) is 5.41 Å². The molecule has 6 nitrogen and oxygen atoms in total. The van der Waals surface area contributed by atoms with Crippen LogP contribution in [0, 0.1) is 0 Å². The Bertz CT molecular complexity index is 968. The highest BCUT2D eigenvalue weighted by atomic mass is 16.5. The third kappa shape index (κ3) is 2.50. The van der Waals surface area contributed by atoms with E-state index in [1.807, 2.05) is 30.3 Å². The number of ether oxygens (including phenoxy) is 2. The molecule has 5 rings (SSSR count). The number of fused-ring (bicyclic) bond motifs is 2. The summed E-state index contributed by atoms with van der Waals surface area (Å²) in [6.07, 6.45) is 5.69. The minimum Gasteiger partial charge on any atom is -0.492 e. The first-order valence-electron chi connectivity index (χ1n) is 8.61. The molecular formula is C20H18N4O2. The summed E-state index contributed by atoms with van der Waals surface area (Å²) in [4.78, 5) is 8.60. The van der Waals surface area contributed by atoms with Crippen LogP contribution in [-0.4, -0.2) is 16.6 Å². The van der Waals surface area contributed by atoms with Crippen molar-refractivity contribution in [3.05, 3.63) is 60.4 Å². The second-order valence-electron chi connectivity index (χ2n) is 6.75. The molecule has 1 aliphatic carbocycles. The molecule has 2 aromatic heterocycles. The molecular weight excluding hydrogens is 328 g/mol. The topological polar surface area (TPSA) is 82.3 Å². The zero-order chi connectivity index (χ0) is 17.6. The third-order valence-electron chi connectivity index (χ3n) is 4.93. The van der Waals surface area contributed by atoms with Crippen LogP contribution in [-0.2, 0) is 5.41 Å². The number of hydrogen-bond acceptors (Lipinski definition) is 6. The highest BCUT2D eigenvalue weighted by molar-refractivity contribution is 5.66. The van der Waals surface area contributed by atoms with E-state index in [9.17, 15) is 0 Å². The van der Waals surface area contributed by atoms with Gasteiger partial charge in [-0.05, 0) is 49.2 Å². The Balaban J connectivity index is 1.37. The monoisotopic (exact) mass is 346 g/mol. The first-order chi connectivity index (χ1) is 12.7. The molecule has 130 valence electrons. The van der Waals surface area contributed by atoms with Crippen molar-refractivity contribution in [2.45, 2.75) is 18.3 Å². The van der Waals surface area contributed by atoms with E-state index in [4.69, 9.17) is 15.2 Å². The Kier molecular flexibility index (Phi) is 3.25. The third-order valence-corrected chi connectivity index (χ3v) is 4.93. The molecule has 3 aromatic rings. The van der Waals surface area contributed by atoms with Crippen molar-refractivity contribution in [1.29, 1.82) is 0 Å². The first-order valence-corrected chi connectivity index (χ1v) is 8.61. The Morgan fingerprint density at radius 1 is 1.08 bits per heavy atom. The fourth-order valence-electron chi connectivity index (χ4n) is 3.36. The lowest BCUT2D eigenvalue weighted by atomic mass is 9.97. The second kappa shape index (κ2) is 5.62. The Morgan fingerprint density at radius 3 is 2.77 bits per heavy atom. The Hall–Kier alpha value is -3.28. The molecule has 1 spiro atoms. The summed E-state index contributed by atoms with van der Waals surface area (Å²) >= 11 is 0. The van der Waals surface area contributed by atoms with Crippen molar-refractivity contribution < 1.29 is 9.47 Å². The molecule has 1 aromatic carbocycles. The van der Waals surface area contributed by atoms with E-state index in [1.165, 1.54) is 5.56 Å². The molecule has 0 amide bonds. The number of anilines is 3. The van der Waals surface area contributed by atoms with Gasteiger partial charge in [0.15, 0.2) is 5.82 Å². The van der Waals surface area contributed by atoms with Gasteiger partial charge in [0, 0.05) is 17.2 Å². The molecule has 0 unspecified atom stereocenters. The van der Waals surface area contributed by atoms with Gasteiger partial charge in [-0.25, -0.2) is 9.97 Å². The molecule has 3 heterocycles. The highest BCUT2D eigenvalue weighted by Crippen LogP contribution is 2.58. The van der Waals surface area contributed by atoms with Gasteiger partial charge in [0.1, 0.15) is 23.1 Å². The van der Waals surface area contributed by atoms with Crippen molar-refractivity contribution in [2.24, 2.45) is 0 Å². The van der Waals surface area contributed by atoms with Gasteiger partial charge in [0.25, 0.3) is 0 Å². The fourth-order valence-corrected chi connectivity index (χ4v) is 3.36. The van der Waals surface area contributed by atoms with Crippen molar-refractivity contribution in [3.63, 3.8) is 0 Å². The molecule has 0 saturated heterocycles. The summed E-state index contributed by atoms with van der Waals surface area (Å²) in [5.74, 6) is 3.72. The maximum absolute atomic E-state index is 6.12. The molecule has 1 aliphatic heterocycles. The summed E-state index contributed by atoms with van der Waals surface area (Å²) in [6, 6.07) is 13.3. The van der Waals surface area contributed by atoms with Crippen LogP contribution in [0.15, 0.2) is 54.9 Å². The van der Waals surface area contributed by atoms with E-state index < -0.39 is 0 Å². The molecule has 3 N–H and O–H groups in total. The molecule has 2 aliphatic rings. The number of benzene rings is 1. The first kappa shape index (κ1) is 15.0. The van der Waals surface area contributed by atoms with Crippen molar-refractivity contribution in [3.8, 4) is 17.2 Å². The highest BCUT2D eigenvalue weighted by Gasteiger charge is 2.52. The Morgan fingerprint density at radius 2 is 2.00 bits per heavy atom. The van der Waals surface area contributed by atoms with Crippen molar-refractivity contribution >= 4 is 17.3 Å². The number of rotatable bonds is 4. The minimum atomic E-state index is 0.164. The predicted molar refractivity (Wildman–Crippen MR) is 99.1 cm³/mol. The van der Waals surface area contributed by atoms with Gasteiger partial charge in [-0.1, -0.05) is 6.07 Å². The summed E-state index contributed by atoms with van der Waals surface area (Å²) in [7, 11) is 0. The predicted octanol–water partition coefficient (Wildman–Crippen LogP) is 4.02. The second-order valence-corrected chi connectivity index (χ2v) is 6.75. The van der Waals surface area contributed by atoms with Gasteiger partial charge in [-0.15, -0.1) is 0 Å². The number of nitrogen functional groups attached to an aromatic ring is 1. The zero-order valence-corrected chi connectivity index (χ0v) is 14.1. The van der Waals surface area contributed by atoms with Gasteiger partial charge >= 0.3 is 0 Å². The lowest BCUT2D eigenvalue weighted by molar-refractivity contribution is 0.323. The lowest BCUT2D eigenvalue weighted by Gasteiger charge is -2.13. The number of aromatic nitrogens is 2. The summed E-state index contributed by atoms with van der Waals surface area (Å²) < 4.78 is 11.9. The van der Waals surface area contributed by atoms with Crippen LogP contribution in [0.2, 0.25) is 0 Å². The van der Waals surface area contributed by atoms with Crippen molar-refractivity contribution in [2.75, 3.05) is 17.7 Å². The number of pyridine rings is 2. The van der Waals surface area contributed by atoms with Gasteiger partial charge in [-0.2, -0.15) is 0 Å². The van der Waals surface area contributed by atoms with E-state index >= 15 is 0 Å². The molecule has 26 heavy (non-hydrogen) atoms. The van der Waals surface area contributed by atoms with Crippen LogP contribution in [0.5, 0.6) is 17.2 Å². The molecule has 0 radical (unpaired) electrons. The van der Waals surface area contributed by atoms with Crippen LogP contribution in [0.25, 0.3) is 0 Å². The molecule has 1 fully saturated rings. The molecule has 0 bridgehead atoms. The van der Waals surface area contributed by atoms with Gasteiger partial charge in [0.2, 0.25) is 0 Å². The maximum Gasteiger partial charge on any atom is 0.154 e. The summed E-state index contributed by atoms with van der Waals surface area (Å²) in [5.41, 5.74) is 7.83. The average molecular weight is 346 g/mol. The minimum absolute atomic E-state index is 0.164. The number of nitrogens with zero attached hydrogens (tertiary/aromatic N) is 2. The molecule has 6 heteroatoms. The number of hydrogen-bond donors (Lipinski definition) is 2. The largest absolute Gasteiger partial charge is 0.492 e. The van der Waals surface area contributed by atoms with Gasteiger partial charge < -0.3 is 20.5 Å². The summed E-state index contributed by atoms with van der Waals surface area (Å²) in [6.45, 7) is 0.759. The van der Waals surface area contributed by atoms with Crippen LogP contribution in [0.3, 0.4) is 0 Å². The van der Waals surface area contributed by atoms with E-state index in [2.05, 4.69) is 15.3 Å². The zero-order valence-electron chi connectivity index (χ0n) is 14.1. The Labute approximate surface area is 151 Å². The smallest absolute Gasteiger partial charge is 0.154 e. The standard InChI is InChI=1S/C20H18N4O2/c21-14-3-2-10-22-19(14)24-17-7-6-13(11-23-17)26-16-5-1-4-15-18(16)20(8-9-20)12-25-15/h1-7,10-11H,8-9,12,21H2,(H,22,23,24). The van der Waals surface area contributed by atoms with Crippen molar-refractivity contribution in [1.82, 2.24) is 9.97 Å². The SMILES string of the molecule is Nc1cccnc1Nc1ccc(Oc2cccc3c2C2(CC2)CO3)cn1.